The van der Waals surface area contributed by atoms with Crippen molar-refractivity contribution in [2.45, 2.75) is 50.1 Å². The summed E-state index contributed by atoms with van der Waals surface area (Å²) in [5.41, 5.74) is 1.52. The topological polar surface area (TPSA) is 12.0 Å². The summed E-state index contributed by atoms with van der Waals surface area (Å²) in [6.45, 7) is 0. The van der Waals surface area contributed by atoms with Gasteiger partial charge in [-0.15, -0.1) is 0 Å². The van der Waals surface area contributed by atoms with Gasteiger partial charge in [-0.1, -0.05) is 43.2 Å². The predicted octanol–water partition coefficient (Wildman–Crippen LogP) is 3.07. The van der Waals surface area contributed by atoms with Gasteiger partial charge in [-0.2, -0.15) is 0 Å². The Morgan fingerprint density at radius 2 is 1.73 bits per heavy atom. The van der Waals surface area contributed by atoms with Gasteiger partial charge in [-0.05, 0) is 24.8 Å². The van der Waals surface area contributed by atoms with E-state index >= 15 is 0 Å². The van der Waals surface area contributed by atoms with Crippen molar-refractivity contribution in [3.8, 4) is 0 Å². The molecule has 1 aromatic carbocycles. The highest BCUT2D eigenvalue weighted by molar-refractivity contribution is 5.27. The molecular weight excluding hydrogens is 182 g/mol. The van der Waals surface area contributed by atoms with Crippen LogP contribution in [0.4, 0.5) is 0 Å². The maximum absolute atomic E-state index is 3.80. The number of nitrogens with one attached hydrogen (secondary N) is 1. The molecule has 0 radical (unpaired) electrons. The van der Waals surface area contributed by atoms with Crippen molar-refractivity contribution >= 4 is 0 Å². The summed E-state index contributed by atoms with van der Waals surface area (Å²) in [5.74, 6) is 0.798. The van der Waals surface area contributed by atoms with Crippen LogP contribution in [0.15, 0.2) is 30.3 Å². The van der Waals surface area contributed by atoms with E-state index in [-0.39, 0.29) is 0 Å². The Kier molecular flexibility index (Phi) is 2.49. The summed E-state index contributed by atoms with van der Waals surface area (Å²) < 4.78 is 0. The second-order valence-corrected chi connectivity index (χ2v) is 5.01. The van der Waals surface area contributed by atoms with Crippen molar-refractivity contribution < 1.29 is 0 Å². The minimum atomic E-state index is 0.774. The zero-order chi connectivity index (χ0) is 10.1. The normalized spacial score (nSPS) is 30.7. The number of hydrogen-bond acceptors (Lipinski definition) is 1. The van der Waals surface area contributed by atoms with Gasteiger partial charge in [-0.25, -0.2) is 0 Å². The lowest BCUT2D eigenvalue weighted by molar-refractivity contribution is 0.515. The van der Waals surface area contributed by atoms with Crippen LogP contribution in [-0.2, 0) is 0 Å². The second-order valence-electron chi connectivity index (χ2n) is 5.01. The van der Waals surface area contributed by atoms with Gasteiger partial charge in [0, 0.05) is 18.0 Å². The van der Waals surface area contributed by atoms with Crippen molar-refractivity contribution in [3.05, 3.63) is 35.9 Å². The molecule has 0 amide bonds. The number of hydrogen-bond donors (Lipinski definition) is 1. The van der Waals surface area contributed by atoms with Crippen molar-refractivity contribution in [1.82, 2.24) is 5.32 Å². The van der Waals surface area contributed by atoms with Gasteiger partial charge >= 0.3 is 0 Å². The van der Waals surface area contributed by atoms with E-state index in [0.717, 1.165) is 18.0 Å². The van der Waals surface area contributed by atoms with E-state index in [1.54, 1.807) is 0 Å². The molecule has 2 unspecified atom stereocenters. The summed E-state index contributed by atoms with van der Waals surface area (Å²) in [7, 11) is 0. The molecule has 80 valence electrons. The molecule has 2 atom stereocenters. The number of rotatable bonds is 3. The van der Waals surface area contributed by atoms with E-state index in [1.807, 2.05) is 0 Å². The standard InChI is InChI=1S/C14H19N/c1-2-6-11(7-3-1)13-10-14(13)15-12-8-4-5-9-12/h1-3,6-7,12-15H,4-5,8-10H2. The summed E-state index contributed by atoms with van der Waals surface area (Å²) in [6, 6.07) is 12.5. The van der Waals surface area contributed by atoms with Gasteiger partial charge in [0.25, 0.3) is 0 Å². The van der Waals surface area contributed by atoms with Crippen LogP contribution in [-0.4, -0.2) is 12.1 Å². The lowest BCUT2D eigenvalue weighted by Gasteiger charge is -2.11. The molecule has 1 nitrogen and oxygen atoms in total. The lowest BCUT2D eigenvalue weighted by atomic mass is 10.1. The largest absolute Gasteiger partial charge is 0.311 e. The van der Waals surface area contributed by atoms with Crippen LogP contribution in [0.3, 0.4) is 0 Å². The first-order valence-electron chi connectivity index (χ1n) is 6.24. The van der Waals surface area contributed by atoms with Crippen LogP contribution in [0.25, 0.3) is 0 Å². The predicted molar refractivity (Wildman–Crippen MR) is 63.0 cm³/mol. The molecule has 0 aliphatic heterocycles. The Morgan fingerprint density at radius 1 is 1.00 bits per heavy atom. The van der Waals surface area contributed by atoms with E-state index < -0.39 is 0 Å². The maximum atomic E-state index is 3.80. The van der Waals surface area contributed by atoms with Crippen LogP contribution >= 0.6 is 0 Å². The summed E-state index contributed by atoms with van der Waals surface area (Å²) >= 11 is 0. The Balaban J connectivity index is 1.55. The van der Waals surface area contributed by atoms with Crippen molar-refractivity contribution in [2.75, 3.05) is 0 Å². The Hall–Kier alpha value is -0.820. The third-order valence-corrected chi connectivity index (χ3v) is 3.82. The molecule has 2 fully saturated rings. The molecule has 0 bridgehead atoms. The zero-order valence-electron chi connectivity index (χ0n) is 9.15. The Morgan fingerprint density at radius 3 is 2.47 bits per heavy atom. The van der Waals surface area contributed by atoms with Gasteiger partial charge in [0.15, 0.2) is 0 Å². The van der Waals surface area contributed by atoms with Gasteiger partial charge in [-0.3, -0.25) is 0 Å². The molecule has 0 spiro atoms. The average Bonchev–Trinajstić information content (AvgIpc) is 2.84. The van der Waals surface area contributed by atoms with Gasteiger partial charge in [0.2, 0.25) is 0 Å². The third-order valence-electron chi connectivity index (χ3n) is 3.82. The SMILES string of the molecule is c1ccc(C2CC2NC2CCCC2)cc1. The van der Waals surface area contributed by atoms with Crippen LogP contribution in [0.5, 0.6) is 0 Å². The van der Waals surface area contributed by atoms with E-state index in [4.69, 9.17) is 0 Å². The summed E-state index contributed by atoms with van der Waals surface area (Å²) in [6.07, 6.45) is 7.01. The van der Waals surface area contributed by atoms with Gasteiger partial charge < -0.3 is 5.32 Å². The van der Waals surface area contributed by atoms with Crippen LogP contribution in [0.1, 0.15) is 43.6 Å². The minimum absolute atomic E-state index is 0.774. The monoisotopic (exact) mass is 201 g/mol. The van der Waals surface area contributed by atoms with E-state index in [9.17, 15) is 0 Å². The van der Waals surface area contributed by atoms with Gasteiger partial charge in [0.05, 0.1) is 0 Å². The molecule has 15 heavy (non-hydrogen) atoms. The first-order valence-corrected chi connectivity index (χ1v) is 6.24. The van der Waals surface area contributed by atoms with Gasteiger partial charge in [0.1, 0.15) is 0 Å². The summed E-state index contributed by atoms with van der Waals surface area (Å²) in [5, 5.41) is 3.80. The second kappa shape index (κ2) is 3.97. The van der Waals surface area contributed by atoms with Crippen LogP contribution in [0.2, 0.25) is 0 Å². The first kappa shape index (κ1) is 9.41. The third kappa shape index (κ3) is 2.07. The molecule has 3 rings (SSSR count). The van der Waals surface area contributed by atoms with E-state index in [1.165, 1.54) is 37.7 Å². The maximum Gasteiger partial charge on any atom is 0.0145 e. The summed E-state index contributed by atoms with van der Waals surface area (Å²) in [4.78, 5) is 0. The molecule has 0 saturated heterocycles. The Bertz CT molecular complexity index is 313. The molecule has 2 aliphatic carbocycles. The molecule has 1 heteroatoms. The number of benzene rings is 1. The molecule has 2 aliphatic rings. The van der Waals surface area contributed by atoms with E-state index in [0.29, 0.717) is 0 Å². The molecule has 1 N–H and O–H groups in total. The fourth-order valence-corrected chi connectivity index (χ4v) is 2.84. The van der Waals surface area contributed by atoms with E-state index in [2.05, 4.69) is 35.6 Å². The minimum Gasteiger partial charge on any atom is -0.311 e. The molecule has 1 aromatic rings. The highest BCUT2D eigenvalue weighted by Gasteiger charge is 2.39. The molecule has 0 heterocycles. The molecule has 0 aromatic heterocycles. The fraction of sp³-hybridized carbons (Fsp3) is 0.571. The smallest absolute Gasteiger partial charge is 0.0145 e. The molecular formula is C14H19N. The average molecular weight is 201 g/mol. The van der Waals surface area contributed by atoms with Crippen LogP contribution < -0.4 is 5.32 Å². The highest BCUT2D eigenvalue weighted by atomic mass is 15.0. The lowest BCUT2D eigenvalue weighted by Crippen LogP contribution is -2.28. The highest BCUT2D eigenvalue weighted by Crippen LogP contribution is 2.41. The fourth-order valence-electron chi connectivity index (χ4n) is 2.84. The quantitative estimate of drug-likeness (QED) is 0.792. The first-order chi connectivity index (χ1) is 7.43. The van der Waals surface area contributed by atoms with Crippen molar-refractivity contribution in [1.29, 1.82) is 0 Å². The van der Waals surface area contributed by atoms with Crippen molar-refractivity contribution in [3.63, 3.8) is 0 Å². The molecule has 2 saturated carbocycles. The zero-order valence-corrected chi connectivity index (χ0v) is 9.15. The van der Waals surface area contributed by atoms with Crippen molar-refractivity contribution in [2.24, 2.45) is 0 Å². The Labute approximate surface area is 91.9 Å². The van der Waals surface area contributed by atoms with Crippen LogP contribution in [0, 0.1) is 0 Å².